The van der Waals surface area contributed by atoms with Crippen LogP contribution in [0, 0.1) is 18.8 Å². The van der Waals surface area contributed by atoms with Crippen molar-refractivity contribution >= 4 is 22.8 Å². The molecule has 2 aromatic rings. The highest BCUT2D eigenvalue weighted by Crippen LogP contribution is 2.24. The predicted octanol–water partition coefficient (Wildman–Crippen LogP) is 2.26. The van der Waals surface area contributed by atoms with Crippen molar-refractivity contribution < 1.29 is 19.4 Å². The number of hydrogen-bond acceptors (Lipinski definition) is 3. The first kappa shape index (κ1) is 17.5. The number of aromatic nitrogens is 1. The minimum atomic E-state index is -0.851. The van der Waals surface area contributed by atoms with E-state index in [1.807, 2.05) is 31.2 Å². The topological polar surface area (TPSA) is 91.4 Å². The van der Waals surface area contributed by atoms with Crippen molar-refractivity contribution in [3.63, 3.8) is 0 Å². The first-order valence-electron chi connectivity index (χ1n) is 8.69. The summed E-state index contributed by atoms with van der Waals surface area (Å²) in [5.74, 6) is -1.50. The van der Waals surface area contributed by atoms with Crippen molar-refractivity contribution in [2.75, 3.05) is 19.8 Å². The summed E-state index contributed by atoms with van der Waals surface area (Å²) < 4.78 is 5.30. The molecule has 6 nitrogen and oxygen atoms in total. The average Bonchev–Trinajstić information content (AvgIpc) is 2.91. The van der Waals surface area contributed by atoms with Crippen molar-refractivity contribution in [2.45, 2.75) is 26.2 Å². The van der Waals surface area contributed by atoms with E-state index in [9.17, 15) is 14.7 Å². The third-order valence-electron chi connectivity index (χ3n) is 5.04. The minimum Gasteiger partial charge on any atom is -0.481 e. The molecule has 25 heavy (non-hydrogen) atoms. The van der Waals surface area contributed by atoms with Crippen LogP contribution in [-0.2, 0) is 20.7 Å². The van der Waals surface area contributed by atoms with Crippen molar-refractivity contribution in [1.82, 2.24) is 10.3 Å². The lowest BCUT2D eigenvalue weighted by atomic mass is 9.86. The molecule has 0 bridgehead atoms. The minimum absolute atomic E-state index is 0.0568. The van der Waals surface area contributed by atoms with Gasteiger partial charge in [0.25, 0.3) is 0 Å². The van der Waals surface area contributed by atoms with Crippen LogP contribution in [0.4, 0.5) is 0 Å². The van der Waals surface area contributed by atoms with Gasteiger partial charge < -0.3 is 20.1 Å². The Kier molecular flexibility index (Phi) is 5.38. The highest BCUT2D eigenvalue weighted by molar-refractivity contribution is 5.90. The molecule has 6 heteroatoms. The van der Waals surface area contributed by atoms with Crippen molar-refractivity contribution in [3.05, 3.63) is 35.5 Å². The summed E-state index contributed by atoms with van der Waals surface area (Å²) in [5.41, 5.74) is 2.94. The number of carboxylic acid groups (broad SMARTS) is 1. The van der Waals surface area contributed by atoms with Gasteiger partial charge >= 0.3 is 5.97 Å². The van der Waals surface area contributed by atoms with Crippen LogP contribution in [0.3, 0.4) is 0 Å². The second-order valence-corrected chi connectivity index (χ2v) is 6.65. The molecular weight excluding hydrogens is 320 g/mol. The lowest BCUT2D eigenvalue weighted by molar-refractivity contribution is -0.144. The maximum Gasteiger partial charge on any atom is 0.308 e. The van der Waals surface area contributed by atoms with E-state index in [-0.39, 0.29) is 24.8 Å². The number of para-hydroxylation sites is 1. The van der Waals surface area contributed by atoms with E-state index < -0.39 is 11.9 Å². The van der Waals surface area contributed by atoms with Gasteiger partial charge in [0, 0.05) is 36.4 Å². The molecular formula is C19H24N2O4. The Hall–Kier alpha value is -2.34. The lowest BCUT2D eigenvalue weighted by Gasteiger charge is -2.27. The summed E-state index contributed by atoms with van der Waals surface area (Å²) in [5, 5.41) is 13.3. The van der Waals surface area contributed by atoms with Crippen LogP contribution in [0.5, 0.6) is 0 Å². The third kappa shape index (κ3) is 4.02. The van der Waals surface area contributed by atoms with E-state index in [0.29, 0.717) is 13.2 Å². The molecule has 1 atom stereocenters. The van der Waals surface area contributed by atoms with Gasteiger partial charge in [0.05, 0.1) is 12.3 Å². The molecule has 1 aromatic carbocycles. The summed E-state index contributed by atoms with van der Waals surface area (Å²) >= 11 is 0. The van der Waals surface area contributed by atoms with E-state index in [2.05, 4.69) is 10.3 Å². The van der Waals surface area contributed by atoms with Gasteiger partial charge in [0.2, 0.25) is 5.91 Å². The predicted molar refractivity (Wildman–Crippen MR) is 94.4 cm³/mol. The maximum absolute atomic E-state index is 12.4. The maximum atomic E-state index is 12.4. The number of aliphatic carboxylic acids is 1. The molecule has 3 rings (SSSR count). The monoisotopic (exact) mass is 344 g/mol. The van der Waals surface area contributed by atoms with Gasteiger partial charge in [-0.15, -0.1) is 0 Å². The Bertz CT molecular complexity index is 762. The number of aryl methyl sites for hydroxylation is 1. The smallest absolute Gasteiger partial charge is 0.308 e. The number of aromatic amines is 1. The molecule has 1 amide bonds. The van der Waals surface area contributed by atoms with Crippen LogP contribution in [-0.4, -0.2) is 41.7 Å². The molecule has 1 aliphatic rings. The molecule has 0 spiro atoms. The van der Waals surface area contributed by atoms with Gasteiger partial charge in [0.15, 0.2) is 0 Å². The summed E-state index contributed by atoms with van der Waals surface area (Å²) in [6.45, 7) is 3.30. The third-order valence-corrected chi connectivity index (χ3v) is 5.04. The second-order valence-electron chi connectivity index (χ2n) is 6.65. The molecule has 0 aliphatic carbocycles. The summed E-state index contributed by atoms with van der Waals surface area (Å²) in [7, 11) is 0. The second kappa shape index (κ2) is 7.70. The van der Waals surface area contributed by atoms with Crippen molar-refractivity contribution in [3.8, 4) is 0 Å². The number of carboxylic acids is 1. The Labute approximate surface area is 146 Å². The molecule has 1 aliphatic heterocycles. The number of ether oxygens (including phenoxy) is 1. The van der Waals surface area contributed by atoms with E-state index in [1.165, 1.54) is 0 Å². The van der Waals surface area contributed by atoms with Crippen LogP contribution < -0.4 is 5.32 Å². The SMILES string of the molecule is Cc1[nH]c2ccccc2c1CC(=O)NCC(C(=O)O)C1CCOCC1. The van der Waals surface area contributed by atoms with E-state index in [4.69, 9.17) is 4.74 Å². The number of hydrogen-bond donors (Lipinski definition) is 3. The Morgan fingerprint density at radius 2 is 2.04 bits per heavy atom. The number of benzene rings is 1. The number of rotatable bonds is 6. The molecule has 0 radical (unpaired) electrons. The molecule has 1 aromatic heterocycles. The normalized spacial score (nSPS) is 16.7. The van der Waals surface area contributed by atoms with Crippen LogP contribution in [0.2, 0.25) is 0 Å². The van der Waals surface area contributed by atoms with Gasteiger partial charge in [-0.3, -0.25) is 9.59 Å². The van der Waals surface area contributed by atoms with Crippen molar-refractivity contribution in [2.24, 2.45) is 11.8 Å². The molecule has 2 heterocycles. The quantitative estimate of drug-likeness (QED) is 0.749. The van der Waals surface area contributed by atoms with Crippen LogP contribution >= 0.6 is 0 Å². The highest BCUT2D eigenvalue weighted by Gasteiger charge is 2.30. The highest BCUT2D eigenvalue weighted by atomic mass is 16.5. The zero-order chi connectivity index (χ0) is 17.8. The fraction of sp³-hybridized carbons (Fsp3) is 0.474. The number of nitrogens with one attached hydrogen (secondary N) is 2. The largest absolute Gasteiger partial charge is 0.481 e. The van der Waals surface area contributed by atoms with Crippen molar-refractivity contribution in [1.29, 1.82) is 0 Å². The van der Waals surface area contributed by atoms with Gasteiger partial charge in [-0.05, 0) is 37.3 Å². The van der Waals surface area contributed by atoms with Crippen LogP contribution in [0.1, 0.15) is 24.1 Å². The Morgan fingerprint density at radius 3 is 2.76 bits per heavy atom. The van der Waals surface area contributed by atoms with Crippen LogP contribution in [0.25, 0.3) is 10.9 Å². The zero-order valence-corrected chi connectivity index (χ0v) is 14.4. The number of fused-ring (bicyclic) bond motifs is 1. The molecule has 1 unspecified atom stereocenters. The summed E-state index contributed by atoms with van der Waals surface area (Å²) in [6.07, 6.45) is 1.71. The van der Waals surface area contributed by atoms with Crippen LogP contribution in [0.15, 0.2) is 24.3 Å². The molecule has 1 fully saturated rings. The number of carbonyl (C=O) groups is 2. The van der Waals surface area contributed by atoms with Gasteiger partial charge in [0.1, 0.15) is 0 Å². The number of carbonyl (C=O) groups excluding carboxylic acids is 1. The van der Waals surface area contributed by atoms with Gasteiger partial charge in [-0.25, -0.2) is 0 Å². The fourth-order valence-corrected chi connectivity index (χ4v) is 3.58. The first-order valence-corrected chi connectivity index (χ1v) is 8.69. The van der Waals surface area contributed by atoms with E-state index in [0.717, 1.165) is 35.0 Å². The summed E-state index contributed by atoms with van der Waals surface area (Å²) in [4.78, 5) is 27.2. The zero-order valence-electron chi connectivity index (χ0n) is 14.4. The Balaban J connectivity index is 1.63. The van der Waals surface area contributed by atoms with E-state index in [1.54, 1.807) is 0 Å². The average molecular weight is 344 g/mol. The van der Waals surface area contributed by atoms with E-state index >= 15 is 0 Å². The van der Waals surface area contributed by atoms with Gasteiger partial charge in [-0.2, -0.15) is 0 Å². The number of H-pyrrole nitrogens is 1. The molecule has 1 saturated heterocycles. The molecule has 134 valence electrons. The first-order chi connectivity index (χ1) is 12.1. The Morgan fingerprint density at radius 1 is 1.32 bits per heavy atom. The standard InChI is InChI=1S/C19H24N2O4/c1-12-15(14-4-2-3-5-17(14)21-12)10-18(22)20-11-16(19(23)24)13-6-8-25-9-7-13/h2-5,13,16,21H,6-11H2,1H3,(H,20,22)(H,23,24). The fourth-order valence-electron chi connectivity index (χ4n) is 3.58. The summed E-state index contributed by atoms with van der Waals surface area (Å²) in [6, 6.07) is 7.87. The van der Waals surface area contributed by atoms with Gasteiger partial charge in [-0.1, -0.05) is 18.2 Å². The molecule has 0 saturated carbocycles. The number of amides is 1. The lowest BCUT2D eigenvalue weighted by Crippen LogP contribution is -2.39. The molecule has 3 N–H and O–H groups in total.